The summed E-state index contributed by atoms with van der Waals surface area (Å²) >= 11 is 7.02. The molecule has 2 aromatic rings. The summed E-state index contributed by atoms with van der Waals surface area (Å²) in [5.74, 6) is -0.760. The number of phenols is 1. The number of halogens is 1. The van der Waals surface area contributed by atoms with Crippen LogP contribution in [0.2, 0.25) is 4.34 Å². The van der Waals surface area contributed by atoms with Crippen LogP contribution >= 0.6 is 22.9 Å². The monoisotopic (exact) mass is 310 g/mol. The Morgan fingerprint density at radius 2 is 2.10 bits per heavy atom. The minimum absolute atomic E-state index is 0.000642. The van der Waals surface area contributed by atoms with E-state index in [1.54, 1.807) is 24.3 Å². The van der Waals surface area contributed by atoms with E-state index in [4.69, 9.17) is 16.3 Å². The summed E-state index contributed by atoms with van der Waals surface area (Å²) in [7, 11) is 1.43. The molecule has 0 atom stereocenters. The molecule has 0 saturated heterocycles. The second-order valence-corrected chi connectivity index (χ2v) is 5.61. The van der Waals surface area contributed by atoms with Gasteiger partial charge in [0, 0.05) is 4.88 Å². The molecular formula is C14H11ClO4S. The van der Waals surface area contributed by atoms with Gasteiger partial charge in [-0.3, -0.25) is 0 Å². The molecule has 0 aliphatic heterocycles. The number of carbonyl (C=O) groups is 1. The molecule has 20 heavy (non-hydrogen) atoms. The zero-order valence-electron chi connectivity index (χ0n) is 10.5. The van der Waals surface area contributed by atoms with Gasteiger partial charge in [0.05, 0.1) is 17.0 Å². The van der Waals surface area contributed by atoms with Gasteiger partial charge in [-0.15, -0.1) is 11.3 Å². The number of thiophene rings is 1. The topological polar surface area (TPSA) is 66.8 Å². The van der Waals surface area contributed by atoms with E-state index < -0.39 is 5.97 Å². The highest BCUT2D eigenvalue weighted by atomic mass is 35.5. The van der Waals surface area contributed by atoms with Crippen LogP contribution in [-0.2, 0) is 4.79 Å². The summed E-state index contributed by atoms with van der Waals surface area (Å²) in [5.41, 5.74) is 0.746. The molecule has 1 aromatic carbocycles. The fraction of sp³-hybridized carbons (Fsp3) is 0.0714. The lowest BCUT2D eigenvalue weighted by Gasteiger charge is -2.05. The summed E-state index contributed by atoms with van der Waals surface area (Å²) in [6.07, 6.45) is 1.51. The fourth-order valence-corrected chi connectivity index (χ4v) is 2.70. The Kier molecular flexibility index (Phi) is 4.32. The predicted molar refractivity (Wildman–Crippen MR) is 79.5 cm³/mol. The Morgan fingerprint density at radius 3 is 2.65 bits per heavy atom. The van der Waals surface area contributed by atoms with Crippen molar-refractivity contribution in [2.75, 3.05) is 7.11 Å². The minimum atomic E-state index is -1.05. The maximum atomic E-state index is 11.3. The Morgan fingerprint density at radius 1 is 1.35 bits per heavy atom. The zero-order chi connectivity index (χ0) is 14.7. The van der Waals surface area contributed by atoms with Crippen molar-refractivity contribution in [3.63, 3.8) is 0 Å². The van der Waals surface area contributed by atoms with E-state index in [9.17, 15) is 15.0 Å². The fourth-order valence-electron chi connectivity index (χ4n) is 1.65. The summed E-state index contributed by atoms with van der Waals surface area (Å²) in [6.45, 7) is 0. The maximum absolute atomic E-state index is 11.3. The highest BCUT2D eigenvalue weighted by Crippen LogP contribution is 2.31. The van der Waals surface area contributed by atoms with Crippen molar-refractivity contribution in [1.82, 2.24) is 0 Å². The van der Waals surface area contributed by atoms with E-state index >= 15 is 0 Å². The molecule has 2 N–H and O–H groups in total. The van der Waals surface area contributed by atoms with Gasteiger partial charge < -0.3 is 14.9 Å². The predicted octanol–water partition coefficient (Wildman–Crippen LogP) is 3.74. The van der Waals surface area contributed by atoms with Crippen molar-refractivity contribution in [3.8, 4) is 11.5 Å². The number of hydrogen-bond donors (Lipinski definition) is 2. The molecule has 0 fully saturated rings. The van der Waals surface area contributed by atoms with Crippen molar-refractivity contribution >= 4 is 40.6 Å². The lowest BCUT2D eigenvalue weighted by Crippen LogP contribution is -1.97. The van der Waals surface area contributed by atoms with Gasteiger partial charge in [-0.1, -0.05) is 17.7 Å². The normalized spacial score (nSPS) is 11.4. The number of aromatic hydroxyl groups is 1. The largest absolute Gasteiger partial charge is 0.504 e. The first-order chi connectivity index (χ1) is 9.51. The number of methoxy groups -OCH3 is 1. The van der Waals surface area contributed by atoms with E-state index in [1.165, 1.54) is 30.6 Å². The Labute approximate surface area is 124 Å². The summed E-state index contributed by atoms with van der Waals surface area (Å²) < 4.78 is 5.52. The molecule has 104 valence electrons. The standard InChI is InChI=1S/C14H11ClO4S/c1-19-11-7-8(2-3-10(11)16)6-9(14(17)18)12-4-5-13(15)20-12/h2-7,16H,1H3,(H,17,18)/b9-6-. The van der Waals surface area contributed by atoms with Gasteiger partial charge >= 0.3 is 5.97 Å². The maximum Gasteiger partial charge on any atom is 0.337 e. The molecule has 1 aromatic heterocycles. The number of benzene rings is 1. The van der Waals surface area contributed by atoms with Gasteiger partial charge in [0.15, 0.2) is 11.5 Å². The first kappa shape index (κ1) is 14.4. The van der Waals surface area contributed by atoms with Crippen LogP contribution in [0.15, 0.2) is 30.3 Å². The number of carboxylic acids is 1. The summed E-state index contributed by atoms with van der Waals surface area (Å²) in [5, 5.41) is 18.8. The lowest BCUT2D eigenvalue weighted by molar-refractivity contribution is -0.130. The zero-order valence-corrected chi connectivity index (χ0v) is 12.0. The van der Waals surface area contributed by atoms with Gasteiger partial charge in [0.1, 0.15) is 0 Å². The highest BCUT2D eigenvalue weighted by Gasteiger charge is 2.13. The van der Waals surface area contributed by atoms with Crippen molar-refractivity contribution in [2.45, 2.75) is 0 Å². The third-order valence-electron chi connectivity index (χ3n) is 2.58. The molecule has 0 spiro atoms. The molecule has 1 heterocycles. The van der Waals surface area contributed by atoms with Crippen molar-refractivity contribution < 1.29 is 19.7 Å². The van der Waals surface area contributed by atoms with E-state index in [-0.39, 0.29) is 17.1 Å². The number of aliphatic carboxylic acids is 1. The molecule has 6 heteroatoms. The number of ether oxygens (including phenoxy) is 1. The molecule has 0 aliphatic rings. The van der Waals surface area contributed by atoms with Crippen molar-refractivity contribution in [2.24, 2.45) is 0 Å². The molecule has 0 amide bonds. The van der Waals surface area contributed by atoms with E-state index in [0.29, 0.717) is 14.8 Å². The van der Waals surface area contributed by atoms with Crippen LogP contribution < -0.4 is 4.74 Å². The van der Waals surface area contributed by atoms with Crippen molar-refractivity contribution in [1.29, 1.82) is 0 Å². The van der Waals surface area contributed by atoms with Crippen LogP contribution in [-0.4, -0.2) is 23.3 Å². The Bertz CT molecular complexity index is 676. The van der Waals surface area contributed by atoms with Crippen LogP contribution in [0.1, 0.15) is 10.4 Å². The van der Waals surface area contributed by atoms with Crippen LogP contribution in [0.3, 0.4) is 0 Å². The van der Waals surface area contributed by atoms with Gasteiger partial charge in [0.25, 0.3) is 0 Å². The molecular weight excluding hydrogens is 300 g/mol. The third kappa shape index (κ3) is 3.12. The smallest absolute Gasteiger partial charge is 0.337 e. The van der Waals surface area contributed by atoms with E-state index in [0.717, 1.165) is 0 Å². The second-order valence-electron chi connectivity index (χ2n) is 3.90. The van der Waals surface area contributed by atoms with Gasteiger partial charge in [0.2, 0.25) is 0 Å². The first-order valence-electron chi connectivity index (χ1n) is 5.59. The molecule has 0 bridgehead atoms. The van der Waals surface area contributed by atoms with Crippen LogP contribution in [0, 0.1) is 0 Å². The quantitative estimate of drug-likeness (QED) is 0.844. The average Bonchev–Trinajstić information content (AvgIpc) is 2.83. The molecule has 0 radical (unpaired) electrons. The second kappa shape index (κ2) is 5.98. The molecule has 0 unspecified atom stereocenters. The number of carboxylic acid groups (broad SMARTS) is 1. The van der Waals surface area contributed by atoms with Gasteiger partial charge in [-0.25, -0.2) is 4.79 Å². The minimum Gasteiger partial charge on any atom is -0.504 e. The van der Waals surface area contributed by atoms with Crippen LogP contribution in [0.25, 0.3) is 11.6 Å². The molecule has 0 saturated carbocycles. The van der Waals surface area contributed by atoms with Gasteiger partial charge in [-0.05, 0) is 35.9 Å². The number of rotatable bonds is 4. The molecule has 2 rings (SSSR count). The summed E-state index contributed by atoms with van der Waals surface area (Å²) in [6, 6.07) is 7.93. The number of phenolic OH excluding ortho intramolecular Hbond substituents is 1. The van der Waals surface area contributed by atoms with Gasteiger partial charge in [-0.2, -0.15) is 0 Å². The van der Waals surface area contributed by atoms with E-state index in [1.807, 2.05) is 0 Å². The number of hydrogen-bond acceptors (Lipinski definition) is 4. The van der Waals surface area contributed by atoms with E-state index in [2.05, 4.69) is 0 Å². The van der Waals surface area contributed by atoms with Crippen LogP contribution in [0.5, 0.6) is 11.5 Å². The molecule has 4 nitrogen and oxygen atoms in total. The highest BCUT2D eigenvalue weighted by molar-refractivity contribution is 7.17. The Balaban J connectivity index is 2.46. The Hall–Kier alpha value is -1.98. The summed E-state index contributed by atoms with van der Waals surface area (Å²) in [4.78, 5) is 11.9. The SMILES string of the molecule is COc1cc(/C=C(\C(=O)O)c2ccc(Cl)s2)ccc1O. The van der Waals surface area contributed by atoms with Crippen LogP contribution in [0.4, 0.5) is 0 Å². The molecule has 0 aliphatic carbocycles. The first-order valence-corrected chi connectivity index (χ1v) is 6.78. The lowest BCUT2D eigenvalue weighted by atomic mass is 10.1. The average molecular weight is 311 g/mol. The van der Waals surface area contributed by atoms with Crippen molar-refractivity contribution in [3.05, 3.63) is 45.1 Å². The third-order valence-corrected chi connectivity index (χ3v) is 3.85.